The van der Waals surface area contributed by atoms with Crippen LogP contribution in [0.4, 0.5) is 0 Å². The zero-order valence-electron chi connectivity index (χ0n) is 12.2. The van der Waals surface area contributed by atoms with E-state index in [0.29, 0.717) is 12.1 Å². The summed E-state index contributed by atoms with van der Waals surface area (Å²) in [6, 6.07) is 9.49. The van der Waals surface area contributed by atoms with Crippen molar-refractivity contribution in [2.24, 2.45) is 0 Å². The smallest absolute Gasteiger partial charge is 0.118 e. The summed E-state index contributed by atoms with van der Waals surface area (Å²) in [4.78, 5) is 0. The molecule has 1 aromatic rings. The summed E-state index contributed by atoms with van der Waals surface area (Å²) < 4.78 is 5.20. The van der Waals surface area contributed by atoms with Crippen LogP contribution < -0.4 is 10.1 Å². The van der Waals surface area contributed by atoms with Gasteiger partial charge in [0, 0.05) is 17.3 Å². The number of rotatable bonds is 5. The van der Waals surface area contributed by atoms with E-state index in [1.54, 1.807) is 7.11 Å². The molecular formula is C16H25NOS. The largest absolute Gasteiger partial charge is 0.497 e. The minimum atomic E-state index is 0.418. The van der Waals surface area contributed by atoms with Crippen LogP contribution >= 0.6 is 11.8 Å². The molecule has 1 aliphatic carbocycles. The van der Waals surface area contributed by atoms with Crippen molar-refractivity contribution in [2.45, 2.75) is 49.9 Å². The average molecular weight is 279 g/mol. The standard InChI is InChI=1S/C16H25NOS/c1-12(13-4-8-15(18-2)9-5-13)17-14-6-10-16(19-3)11-7-14/h4-5,8-9,12,14,16-17H,6-7,10-11H2,1-3H3. The Morgan fingerprint density at radius 3 is 2.32 bits per heavy atom. The fourth-order valence-electron chi connectivity index (χ4n) is 2.81. The summed E-state index contributed by atoms with van der Waals surface area (Å²) in [5, 5.41) is 4.65. The number of methoxy groups -OCH3 is 1. The molecular weight excluding hydrogens is 254 g/mol. The Kier molecular flexibility index (Phi) is 5.59. The second-order valence-corrected chi connectivity index (χ2v) is 6.51. The van der Waals surface area contributed by atoms with Crippen LogP contribution in [0.3, 0.4) is 0 Å². The zero-order chi connectivity index (χ0) is 13.7. The molecule has 0 amide bonds. The molecule has 3 heteroatoms. The summed E-state index contributed by atoms with van der Waals surface area (Å²) in [7, 11) is 1.71. The first kappa shape index (κ1) is 14.7. The van der Waals surface area contributed by atoms with Crippen LogP contribution in [0.2, 0.25) is 0 Å². The lowest BCUT2D eigenvalue weighted by atomic mass is 9.93. The van der Waals surface area contributed by atoms with E-state index in [-0.39, 0.29) is 0 Å². The number of benzene rings is 1. The van der Waals surface area contributed by atoms with Crippen molar-refractivity contribution in [1.82, 2.24) is 5.32 Å². The van der Waals surface area contributed by atoms with Crippen LogP contribution in [0, 0.1) is 0 Å². The van der Waals surface area contributed by atoms with E-state index < -0.39 is 0 Å². The highest BCUT2D eigenvalue weighted by Crippen LogP contribution is 2.28. The highest BCUT2D eigenvalue weighted by Gasteiger charge is 2.21. The first-order chi connectivity index (χ1) is 9.22. The Morgan fingerprint density at radius 2 is 1.79 bits per heavy atom. The molecule has 1 aromatic carbocycles. The molecule has 0 radical (unpaired) electrons. The zero-order valence-corrected chi connectivity index (χ0v) is 13.0. The molecule has 1 unspecified atom stereocenters. The van der Waals surface area contributed by atoms with Crippen LogP contribution in [0.15, 0.2) is 24.3 Å². The molecule has 2 rings (SSSR count). The Morgan fingerprint density at radius 1 is 1.16 bits per heavy atom. The molecule has 19 heavy (non-hydrogen) atoms. The van der Waals surface area contributed by atoms with E-state index in [4.69, 9.17) is 4.74 Å². The molecule has 1 saturated carbocycles. The van der Waals surface area contributed by atoms with E-state index >= 15 is 0 Å². The fourth-order valence-corrected chi connectivity index (χ4v) is 3.55. The van der Waals surface area contributed by atoms with Gasteiger partial charge in [-0.3, -0.25) is 0 Å². The molecule has 1 fully saturated rings. The number of hydrogen-bond acceptors (Lipinski definition) is 3. The highest BCUT2D eigenvalue weighted by molar-refractivity contribution is 7.99. The van der Waals surface area contributed by atoms with Gasteiger partial charge in [-0.25, -0.2) is 0 Å². The molecule has 0 saturated heterocycles. The van der Waals surface area contributed by atoms with Crippen LogP contribution in [-0.2, 0) is 0 Å². The number of nitrogens with one attached hydrogen (secondary N) is 1. The molecule has 106 valence electrons. The minimum Gasteiger partial charge on any atom is -0.497 e. The number of thioether (sulfide) groups is 1. The molecule has 2 nitrogen and oxygen atoms in total. The number of hydrogen-bond donors (Lipinski definition) is 1. The summed E-state index contributed by atoms with van der Waals surface area (Å²) in [6.07, 6.45) is 7.57. The lowest BCUT2D eigenvalue weighted by Gasteiger charge is -2.30. The molecule has 0 heterocycles. The summed E-state index contributed by atoms with van der Waals surface area (Å²) in [5.41, 5.74) is 1.34. The topological polar surface area (TPSA) is 21.3 Å². The maximum Gasteiger partial charge on any atom is 0.118 e. The first-order valence-electron chi connectivity index (χ1n) is 7.15. The maximum absolute atomic E-state index is 5.20. The van der Waals surface area contributed by atoms with Crippen molar-refractivity contribution in [3.05, 3.63) is 29.8 Å². The van der Waals surface area contributed by atoms with Gasteiger partial charge in [0.05, 0.1) is 7.11 Å². The van der Waals surface area contributed by atoms with Gasteiger partial charge >= 0.3 is 0 Å². The van der Waals surface area contributed by atoms with Crippen LogP contribution in [0.5, 0.6) is 5.75 Å². The molecule has 1 N–H and O–H groups in total. The monoisotopic (exact) mass is 279 g/mol. The van der Waals surface area contributed by atoms with Gasteiger partial charge in [-0.05, 0) is 56.6 Å². The lowest BCUT2D eigenvalue weighted by Crippen LogP contribution is -2.35. The van der Waals surface area contributed by atoms with Gasteiger partial charge < -0.3 is 10.1 Å². The molecule has 0 aromatic heterocycles. The molecule has 0 bridgehead atoms. The summed E-state index contributed by atoms with van der Waals surface area (Å²) >= 11 is 2.03. The van der Waals surface area contributed by atoms with Gasteiger partial charge in [0.1, 0.15) is 5.75 Å². The van der Waals surface area contributed by atoms with E-state index in [1.165, 1.54) is 31.2 Å². The maximum atomic E-state index is 5.20. The Balaban J connectivity index is 1.85. The average Bonchev–Trinajstić information content (AvgIpc) is 2.48. The van der Waals surface area contributed by atoms with Gasteiger partial charge in [-0.15, -0.1) is 0 Å². The van der Waals surface area contributed by atoms with E-state index in [2.05, 4.69) is 30.6 Å². The van der Waals surface area contributed by atoms with Crippen LogP contribution in [-0.4, -0.2) is 24.7 Å². The van der Waals surface area contributed by atoms with E-state index in [0.717, 1.165) is 11.0 Å². The van der Waals surface area contributed by atoms with Crippen molar-refractivity contribution >= 4 is 11.8 Å². The van der Waals surface area contributed by atoms with Crippen molar-refractivity contribution in [3.63, 3.8) is 0 Å². The van der Waals surface area contributed by atoms with Gasteiger partial charge in [-0.1, -0.05) is 12.1 Å². The van der Waals surface area contributed by atoms with Crippen LogP contribution in [0.1, 0.15) is 44.2 Å². The van der Waals surface area contributed by atoms with E-state index in [9.17, 15) is 0 Å². The molecule has 1 atom stereocenters. The van der Waals surface area contributed by atoms with Gasteiger partial charge in [0.25, 0.3) is 0 Å². The van der Waals surface area contributed by atoms with Gasteiger partial charge in [0.2, 0.25) is 0 Å². The first-order valence-corrected chi connectivity index (χ1v) is 8.44. The summed E-state index contributed by atoms with van der Waals surface area (Å²) in [6.45, 7) is 2.25. The van der Waals surface area contributed by atoms with Crippen LogP contribution in [0.25, 0.3) is 0 Å². The molecule has 0 aliphatic heterocycles. The second-order valence-electron chi connectivity index (χ2n) is 5.37. The normalized spacial score (nSPS) is 25.0. The van der Waals surface area contributed by atoms with Crippen molar-refractivity contribution in [2.75, 3.05) is 13.4 Å². The predicted molar refractivity (Wildman–Crippen MR) is 84.1 cm³/mol. The quantitative estimate of drug-likeness (QED) is 0.879. The summed E-state index contributed by atoms with van der Waals surface area (Å²) in [5.74, 6) is 0.927. The SMILES string of the molecule is COc1ccc(C(C)NC2CCC(SC)CC2)cc1. The van der Waals surface area contributed by atoms with Crippen molar-refractivity contribution in [1.29, 1.82) is 0 Å². The Hall–Kier alpha value is -0.670. The molecule has 0 spiro atoms. The molecule has 1 aliphatic rings. The highest BCUT2D eigenvalue weighted by atomic mass is 32.2. The fraction of sp³-hybridized carbons (Fsp3) is 0.625. The Bertz CT molecular complexity index is 371. The van der Waals surface area contributed by atoms with E-state index in [1.807, 2.05) is 23.9 Å². The second kappa shape index (κ2) is 7.20. The predicted octanol–water partition coefficient (Wildman–Crippen LogP) is 4.02. The number of ether oxygens (including phenoxy) is 1. The lowest BCUT2D eigenvalue weighted by molar-refractivity contribution is 0.352. The third-order valence-corrected chi connectivity index (χ3v) is 5.25. The third-order valence-electron chi connectivity index (χ3n) is 4.11. The van der Waals surface area contributed by atoms with Gasteiger partial charge in [0.15, 0.2) is 0 Å². The third kappa shape index (κ3) is 4.15. The van der Waals surface area contributed by atoms with Crippen molar-refractivity contribution in [3.8, 4) is 5.75 Å². The Labute approximate surface area is 121 Å². The minimum absolute atomic E-state index is 0.418. The van der Waals surface area contributed by atoms with Gasteiger partial charge in [-0.2, -0.15) is 11.8 Å². The van der Waals surface area contributed by atoms with Crippen molar-refractivity contribution < 1.29 is 4.74 Å².